The van der Waals surface area contributed by atoms with Crippen LogP contribution in [0, 0.1) is 0 Å². The van der Waals surface area contributed by atoms with E-state index in [0.717, 1.165) is 24.9 Å². The molecule has 0 radical (unpaired) electrons. The summed E-state index contributed by atoms with van der Waals surface area (Å²) < 4.78 is 40.0. The van der Waals surface area contributed by atoms with E-state index in [2.05, 4.69) is 17.2 Å². The van der Waals surface area contributed by atoms with Crippen molar-refractivity contribution in [2.45, 2.75) is 32.6 Å². The van der Waals surface area contributed by atoms with Gasteiger partial charge in [0.15, 0.2) is 0 Å². The fraction of sp³-hybridized carbons (Fsp3) is 0.400. The maximum absolute atomic E-state index is 12.7. The van der Waals surface area contributed by atoms with Crippen LogP contribution in [0.5, 0.6) is 0 Å². The van der Waals surface area contributed by atoms with E-state index in [1.165, 1.54) is 12.1 Å². The van der Waals surface area contributed by atoms with E-state index in [0.29, 0.717) is 18.7 Å². The summed E-state index contributed by atoms with van der Waals surface area (Å²) in [6.07, 6.45) is 0.157. The molecule has 6 heteroatoms. The number of hydrogen-bond acceptors (Lipinski definition) is 2. The Morgan fingerprint density at radius 2 is 2.10 bits per heavy atom. The third kappa shape index (κ3) is 4.32. The fourth-order valence-electron chi connectivity index (χ4n) is 2.07. The number of imidazole rings is 1. The van der Waals surface area contributed by atoms with Crippen LogP contribution in [-0.4, -0.2) is 16.1 Å². The largest absolute Gasteiger partial charge is 0.416 e. The van der Waals surface area contributed by atoms with Gasteiger partial charge in [-0.05, 0) is 30.7 Å². The molecule has 0 unspecified atom stereocenters. The van der Waals surface area contributed by atoms with Crippen LogP contribution in [0.4, 0.5) is 13.2 Å². The predicted octanol–water partition coefficient (Wildman–Crippen LogP) is 3.45. The van der Waals surface area contributed by atoms with Crippen molar-refractivity contribution >= 4 is 0 Å². The van der Waals surface area contributed by atoms with Crippen molar-refractivity contribution in [1.82, 2.24) is 14.9 Å². The molecule has 0 spiro atoms. The van der Waals surface area contributed by atoms with Gasteiger partial charge < -0.3 is 9.88 Å². The minimum absolute atomic E-state index is 0.382. The lowest BCUT2D eigenvalue weighted by Crippen LogP contribution is -2.18. The van der Waals surface area contributed by atoms with Crippen LogP contribution in [0.1, 0.15) is 30.3 Å². The Bertz CT molecular complexity index is 576. The smallest absolute Gasteiger partial charge is 0.329 e. The topological polar surface area (TPSA) is 29.9 Å². The highest BCUT2D eigenvalue weighted by atomic mass is 19.4. The molecule has 0 aliphatic rings. The zero-order chi connectivity index (χ0) is 15.3. The van der Waals surface area contributed by atoms with Gasteiger partial charge in [-0.2, -0.15) is 13.2 Å². The lowest BCUT2D eigenvalue weighted by Gasteiger charge is -2.11. The third-order valence-electron chi connectivity index (χ3n) is 3.12. The molecule has 0 amide bonds. The molecule has 1 aromatic heterocycles. The van der Waals surface area contributed by atoms with Gasteiger partial charge in [-0.25, -0.2) is 4.98 Å². The predicted molar refractivity (Wildman–Crippen MR) is 74.8 cm³/mol. The van der Waals surface area contributed by atoms with Crippen molar-refractivity contribution in [3.8, 4) is 0 Å². The molecule has 0 saturated carbocycles. The van der Waals surface area contributed by atoms with E-state index in [1.54, 1.807) is 18.5 Å². The lowest BCUT2D eigenvalue weighted by molar-refractivity contribution is -0.137. The van der Waals surface area contributed by atoms with Gasteiger partial charge in [0.05, 0.1) is 12.1 Å². The van der Waals surface area contributed by atoms with Crippen LogP contribution in [0.2, 0.25) is 0 Å². The highest BCUT2D eigenvalue weighted by Crippen LogP contribution is 2.29. The molecule has 3 nitrogen and oxygen atoms in total. The number of alkyl halides is 3. The molecule has 21 heavy (non-hydrogen) atoms. The average Bonchev–Trinajstić information content (AvgIpc) is 2.86. The van der Waals surface area contributed by atoms with Gasteiger partial charge in [-0.1, -0.05) is 19.1 Å². The minimum Gasteiger partial charge on any atom is -0.329 e. The summed E-state index contributed by atoms with van der Waals surface area (Å²) in [5.74, 6) is 0.820. The van der Waals surface area contributed by atoms with Crippen molar-refractivity contribution < 1.29 is 13.2 Å². The number of benzene rings is 1. The lowest BCUT2D eigenvalue weighted by atomic mass is 10.1. The van der Waals surface area contributed by atoms with Gasteiger partial charge in [-0.3, -0.25) is 0 Å². The van der Waals surface area contributed by atoms with Gasteiger partial charge in [0.1, 0.15) is 5.82 Å². The molecule has 0 fully saturated rings. The number of aromatic nitrogens is 2. The van der Waals surface area contributed by atoms with Crippen molar-refractivity contribution in [2.75, 3.05) is 6.54 Å². The van der Waals surface area contributed by atoms with Gasteiger partial charge in [-0.15, -0.1) is 0 Å². The van der Waals surface area contributed by atoms with Gasteiger partial charge in [0.25, 0.3) is 0 Å². The zero-order valence-electron chi connectivity index (χ0n) is 11.8. The molecule has 1 heterocycles. The normalized spacial score (nSPS) is 11.8. The first-order valence-electron chi connectivity index (χ1n) is 6.87. The molecular formula is C15H18F3N3. The van der Waals surface area contributed by atoms with E-state index in [-0.39, 0.29) is 0 Å². The van der Waals surface area contributed by atoms with Crippen LogP contribution in [0.15, 0.2) is 36.7 Å². The Morgan fingerprint density at radius 1 is 1.29 bits per heavy atom. The quantitative estimate of drug-likeness (QED) is 0.828. The molecule has 0 atom stereocenters. The second-order valence-electron chi connectivity index (χ2n) is 4.85. The molecule has 1 N–H and O–H groups in total. The summed E-state index contributed by atoms with van der Waals surface area (Å²) >= 11 is 0. The van der Waals surface area contributed by atoms with Crippen molar-refractivity contribution in [3.63, 3.8) is 0 Å². The van der Waals surface area contributed by atoms with E-state index >= 15 is 0 Å². The van der Waals surface area contributed by atoms with E-state index in [4.69, 9.17) is 0 Å². The molecule has 0 saturated heterocycles. The highest BCUT2D eigenvalue weighted by molar-refractivity contribution is 5.26. The molecule has 0 aliphatic heterocycles. The van der Waals surface area contributed by atoms with Crippen LogP contribution >= 0.6 is 0 Å². The Hall–Kier alpha value is -1.82. The van der Waals surface area contributed by atoms with Gasteiger partial charge in [0.2, 0.25) is 0 Å². The van der Waals surface area contributed by atoms with Crippen molar-refractivity contribution in [2.24, 2.45) is 0 Å². The molecule has 2 rings (SSSR count). The average molecular weight is 297 g/mol. The Morgan fingerprint density at radius 3 is 2.81 bits per heavy atom. The van der Waals surface area contributed by atoms with Gasteiger partial charge in [0, 0.05) is 18.9 Å². The molecule has 0 bridgehead atoms. The first kappa shape index (κ1) is 15.6. The summed E-state index contributed by atoms with van der Waals surface area (Å²) in [6.45, 7) is 3.95. The van der Waals surface area contributed by atoms with Crippen LogP contribution in [0.3, 0.4) is 0 Å². The standard InChI is InChI=1S/C15H18F3N3/c1-2-6-19-10-14-20-7-8-21(14)11-12-4-3-5-13(9-12)15(16,17)18/h3-5,7-9,19H,2,6,10-11H2,1H3. The summed E-state index contributed by atoms with van der Waals surface area (Å²) in [6, 6.07) is 5.40. The van der Waals surface area contributed by atoms with Crippen LogP contribution < -0.4 is 5.32 Å². The second-order valence-corrected chi connectivity index (χ2v) is 4.85. The monoisotopic (exact) mass is 297 g/mol. The van der Waals surface area contributed by atoms with E-state index in [1.807, 2.05) is 4.57 Å². The number of hydrogen-bond donors (Lipinski definition) is 1. The SMILES string of the molecule is CCCNCc1nccn1Cc1cccc(C(F)(F)F)c1. The first-order chi connectivity index (χ1) is 10.0. The molecule has 2 aromatic rings. The molecule has 0 aliphatic carbocycles. The fourth-order valence-corrected chi connectivity index (χ4v) is 2.07. The summed E-state index contributed by atoms with van der Waals surface area (Å²) in [5, 5.41) is 3.24. The summed E-state index contributed by atoms with van der Waals surface area (Å²) in [4.78, 5) is 4.23. The molecule has 114 valence electrons. The summed E-state index contributed by atoms with van der Waals surface area (Å²) in [7, 11) is 0. The van der Waals surface area contributed by atoms with Crippen LogP contribution in [-0.2, 0) is 19.3 Å². The van der Waals surface area contributed by atoms with Crippen molar-refractivity contribution in [3.05, 3.63) is 53.6 Å². The summed E-state index contributed by atoms with van der Waals surface area (Å²) in [5.41, 5.74) is -0.00894. The number of nitrogens with zero attached hydrogens (tertiary/aromatic N) is 2. The van der Waals surface area contributed by atoms with Gasteiger partial charge >= 0.3 is 6.18 Å². The number of halogens is 3. The van der Waals surface area contributed by atoms with E-state index in [9.17, 15) is 13.2 Å². The third-order valence-corrected chi connectivity index (χ3v) is 3.12. The zero-order valence-corrected chi connectivity index (χ0v) is 11.8. The van der Waals surface area contributed by atoms with E-state index < -0.39 is 11.7 Å². The molecule has 1 aromatic carbocycles. The van der Waals surface area contributed by atoms with Crippen molar-refractivity contribution in [1.29, 1.82) is 0 Å². The maximum atomic E-state index is 12.7. The second kappa shape index (κ2) is 6.76. The van der Waals surface area contributed by atoms with Crippen LogP contribution in [0.25, 0.3) is 0 Å². The maximum Gasteiger partial charge on any atom is 0.416 e. The highest BCUT2D eigenvalue weighted by Gasteiger charge is 2.30. The molecular weight excluding hydrogens is 279 g/mol. The Kier molecular flexibility index (Phi) is 5.01. The first-order valence-corrected chi connectivity index (χ1v) is 6.87. The Labute approximate surface area is 121 Å². The minimum atomic E-state index is -4.31. The number of rotatable bonds is 6. The Balaban J connectivity index is 2.10. The number of nitrogens with one attached hydrogen (secondary N) is 1.